The van der Waals surface area contributed by atoms with Crippen LogP contribution in [0.5, 0.6) is 0 Å². The van der Waals surface area contributed by atoms with Crippen molar-refractivity contribution in [2.24, 2.45) is 5.92 Å². The third kappa shape index (κ3) is 5.69. The van der Waals surface area contributed by atoms with Crippen molar-refractivity contribution in [3.05, 3.63) is 28.2 Å². The molecule has 0 radical (unpaired) electrons. The molecule has 0 unspecified atom stereocenters. The fourth-order valence-corrected chi connectivity index (χ4v) is 3.69. The molecule has 2 N–H and O–H groups in total. The molecule has 2 rings (SSSR count). The average molecular weight is 383 g/mol. The minimum absolute atomic E-state index is 0.00584. The molecule has 0 aliphatic heterocycles. The summed E-state index contributed by atoms with van der Waals surface area (Å²) < 4.78 is 0.936. The molecule has 3 nitrogen and oxygen atoms in total. The molecule has 1 fully saturated rings. The summed E-state index contributed by atoms with van der Waals surface area (Å²) in [6.07, 6.45) is 8.05. The van der Waals surface area contributed by atoms with Gasteiger partial charge in [0, 0.05) is 10.9 Å². The molecule has 1 aliphatic carbocycles. The van der Waals surface area contributed by atoms with Crippen LogP contribution in [0.1, 0.15) is 50.5 Å². The molecular formula is C17H23BrN2OS. The largest absolute Gasteiger partial charge is 0.331 e. The van der Waals surface area contributed by atoms with Crippen molar-refractivity contribution < 1.29 is 4.79 Å². The number of amides is 1. The maximum atomic E-state index is 12.0. The van der Waals surface area contributed by atoms with Crippen LogP contribution in [-0.2, 0) is 4.79 Å². The normalized spacial score (nSPS) is 15.4. The Morgan fingerprint density at radius 2 is 2.05 bits per heavy atom. The Balaban J connectivity index is 1.74. The van der Waals surface area contributed by atoms with Gasteiger partial charge in [0.15, 0.2) is 5.11 Å². The zero-order valence-electron chi connectivity index (χ0n) is 13.0. The van der Waals surface area contributed by atoms with E-state index in [1.807, 2.05) is 25.1 Å². The van der Waals surface area contributed by atoms with Crippen molar-refractivity contribution >= 4 is 44.9 Å². The fraction of sp³-hybridized carbons (Fsp3) is 0.529. The standard InChI is InChI=1S/C17H23BrN2OS/c1-12-7-9-15(14(18)11-12)19-17(22)20-16(21)10-8-13-5-3-2-4-6-13/h7,9,11,13H,2-6,8,10H2,1H3,(H2,19,20,21,22). The van der Waals surface area contributed by atoms with E-state index in [9.17, 15) is 4.79 Å². The molecule has 0 spiro atoms. The minimum atomic E-state index is 0.00584. The van der Waals surface area contributed by atoms with Crippen LogP contribution < -0.4 is 10.6 Å². The lowest BCUT2D eigenvalue weighted by Gasteiger charge is -2.21. The average Bonchev–Trinajstić information content (AvgIpc) is 2.49. The van der Waals surface area contributed by atoms with Crippen molar-refractivity contribution in [2.45, 2.75) is 51.9 Å². The van der Waals surface area contributed by atoms with Crippen LogP contribution >= 0.6 is 28.1 Å². The number of aryl methyl sites for hydroxylation is 1. The number of thiocarbonyl (C=S) groups is 1. The molecule has 1 amide bonds. The molecule has 5 heteroatoms. The summed E-state index contributed by atoms with van der Waals surface area (Å²) >= 11 is 8.70. The third-order valence-electron chi connectivity index (χ3n) is 4.13. The molecule has 0 aromatic heterocycles. The molecule has 0 saturated heterocycles. The number of nitrogens with one attached hydrogen (secondary N) is 2. The smallest absolute Gasteiger partial charge is 0.226 e. The first-order valence-corrected chi connectivity index (χ1v) is 9.11. The van der Waals surface area contributed by atoms with Gasteiger partial charge in [-0.15, -0.1) is 0 Å². The highest BCUT2D eigenvalue weighted by molar-refractivity contribution is 9.10. The first kappa shape index (κ1) is 17.4. The van der Waals surface area contributed by atoms with Gasteiger partial charge in [-0.3, -0.25) is 4.79 Å². The van der Waals surface area contributed by atoms with Gasteiger partial charge in [-0.2, -0.15) is 0 Å². The molecule has 0 bridgehead atoms. The first-order valence-electron chi connectivity index (χ1n) is 7.91. The Hall–Kier alpha value is -0.940. The van der Waals surface area contributed by atoms with Crippen LogP contribution in [0.15, 0.2) is 22.7 Å². The van der Waals surface area contributed by atoms with Crippen molar-refractivity contribution in [1.29, 1.82) is 0 Å². The van der Waals surface area contributed by atoms with Crippen LogP contribution in [0.3, 0.4) is 0 Å². The number of hydrogen-bond donors (Lipinski definition) is 2. The molecule has 0 heterocycles. The molecule has 1 aromatic rings. The van der Waals surface area contributed by atoms with Gasteiger partial charge in [0.25, 0.3) is 0 Å². The second-order valence-corrected chi connectivity index (χ2v) is 7.29. The van der Waals surface area contributed by atoms with Crippen LogP contribution in [0.25, 0.3) is 0 Å². The van der Waals surface area contributed by atoms with E-state index in [2.05, 4.69) is 26.6 Å². The number of rotatable bonds is 4. The van der Waals surface area contributed by atoms with Crippen molar-refractivity contribution in [3.63, 3.8) is 0 Å². The molecule has 1 aliphatic rings. The Labute approximate surface area is 146 Å². The van der Waals surface area contributed by atoms with E-state index in [0.717, 1.165) is 16.6 Å². The van der Waals surface area contributed by atoms with E-state index in [1.165, 1.54) is 37.7 Å². The summed E-state index contributed by atoms with van der Waals surface area (Å²) in [6.45, 7) is 2.03. The van der Waals surface area contributed by atoms with E-state index in [4.69, 9.17) is 12.2 Å². The summed E-state index contributed by atoms with van der Waals surface area (Å²) in [7, 11) is 0. The van der Waals surface area contributed by atoms with E-state index < -0.39 is 0 Å². The van der Waals surface area contributed by atoms with Crippen LogP contribution in [0, 0.1) is 12.8 Å². The van der Waals surface area contributed by atoms with Gasteiger partial charge in [-0.1, -0.05) is 38.2 Å². The van der Waals surface area contributed by atoms with Gasteiger partial charge >= 0.3 is 0 Å². The van der Waals surface area contributed by atoms with Gasteiger partial charge in [0.2, 0.25) is 5.91 Å². The number of benzene rings is 1. The highest BCUT2D eigenvalue weighted by atomic mass is 79.9. The fourth-order valence-electron chi connectivity index (χ4n) is 2.88. The summed E-state index contributed by atoms with van der Waals surface area (Å²) in [4.78, 5) is 12.0. The maximum Gasteiger partial charge on any atom is 0.226 e. The number of hydrogen-bond acceptors (Lipinski definition) is 2. The number of carbonyl (C=O) groups excluding carboxylic acids is 1. The van der Waals surface area contributed by atoms with E-state index >= 15 is 0 Å². The maximum absolute atomic E-state index is 12.0. The number of anilines is 1. The molecule has 1 saturated carbocycles. The van der Waals surface area contributed by atoms with E-state index in [-0.39, 0.29) is 5.91 Å². The Bertz CT molecular complexity index is 541. The summed E-state index contributed by atoms with van der Waals surface area (Å²) in [5, 5.41) is 6.19. The SMILES string of the molecule is Cc1ccc(NC(=S)NC(=O)CCC2CCCCC2)c(Br)c1. The van der Waals surface area contributed by atoms with Crippen molar-refractivity contribution in [3.8, 4) is 0 Å². The zero-order valence-corrected chi connectivity index (χ0v) is 15.4. The van der Waals surface area contributed by atoms with Gasteiger partial charge in [0.05, 0.1) is 5.69 Å². The minimum Gasteiger partial charge on any atom is -0.331 e. The summed E-state index contributed by atoms with van der Waals surface area (Å²) in [5.41, 5.74) is 2.03. The molecular weight excluding hydrogens is 360 g/mol. The lowest BCUT2D eigenvalue weighted by atomic mass is 9.86. The van der Waals surface area contributed by atoms with Gasteiger partial charge < -0.3 is 10.6 Å². The highest BCUT2D eigenvalue weighted by Gasteiger charge is 2.15. The molecule has 120 valence electrons. The molecule has 22 heavy (non-hydrogen) atoms. The first-order chi connectivity index (χ1) is 10.5. The topological polar surface area (TPSA) is 41.1 Å². The van der Waals surface area contributed by atoms with Gasteiger partial charge in [-0.05, 0) is 65.1 Å². The Morgan fingerprint density at radius 1 is 1.32 bits per heavy atom. The zero-order chi connectivity index (χ0) is 15.9. The van der Waals surface area contributed by atoms with Crippen LogP contribution in [0.2, 0.25) is 0 Å². The predicted molar refractivity (Wildman–Crippen MR) is 99.1 cm³/mol. The molecule has 1 aromatic carbocycles. The molecule has 0 atom stereocenters. The second kappa shape index (κ2) is 8.63. The van der Waals surface area contributed by atoms with Crippen LogP contribution in [0.4, 0.5) is 5.69 Å². The van der Waals surface area contributed by atoms with E-state index in [0.29, 0.717) is 17.5 Å². The quantitative estimate of drug-likeness (QED) is 0.725. The number of halogens is 1. The summed E-state index contributed by atoms with van der Waals surface area (Å²) in [5.74, 6) is 0.721. The Morgan fingerprint density at radius 3 is 2.73 bits per heavy atom. The van der Waals surface area contributed by atoms with Crippen molar-refractivity contribution in [1.82, 2.24) is 5.32 Å². The number of carbonyl (C=O) groups is 1. The van der Waals surface area contributed by atoms with Gasteiger partial charge in [0.1, 0.15) is 0 Å². The Kier molecular flexibility index (Phi) is 6.83. The monoisotopic (exact) mass is 382 g/mol. The summed E-state index contributed by atoms with van der Waals surface area (Å²) in [6, 6.07) is 5.95. The third-order valence-corrected chi connectivity index (χ3v) is 4.99. The lowest BCUT2D eigenvalue weighted by Crippen LogP contribution is -2.34. The van der Waals surface area contributed by atoms with Gasteiger partial charge in [-0.25, -0.2) is 0 Å². The van der Waals surface area contributed by atoms with Crippen LogP contribution in [-0.4, -0.2) is 11.0 Å². The predicted octanol–water partition coefficient (Wildman–Crippen LogP) is 4.93. The second-order valence-electron chi connectivity index (χ2n) is 6.03. The van der Waals surface area contributed by atoms with Crippen molar-refractivity contribution in [2.75, 3.05) is 5.32 Å². The van der Waals surface area contributed by atoms with E-state index in [1.54, 1.807) is 0 Å². The lowest BCUT2D eigenvalue weighted by molar-refractivity contribution is -0.120. The highest BCUT2D eigenvalue weighted by Crippen LogP contribution is 2.27.